The van der Waals surface area contributed by atoms with Gasteiger partial charge in [-0.05, 0) is 25.2 Å². The number of carbonyl (C=O) groups excluding carboxylic acids is 1. The first-order chi connectivity index (χ1) is 10.8. The van der Waals surface area contributed by atoms with Gasteiger partial charge in [-0.1, -0.05) is 20.3 Å². The van der Waals surface area contributed by atoms with Crippen LogP contribution in [0.15, 0.2) is 0 Å². The highest BCUT2D eigenvalue weighted by Crippen LogP contribution is 2.28. The van der Waals surface area contributed by atoms with Gasteiger partial charge in [-0.15, -0.1) is 0 Å². The molecule has 0 spiro atoms. The average molecular weight is 346 g/mol. The van der Waals surface area contributed by atoms with Gasteiger partial charge >= 0.3 is 5.97 Å². The maximum absolute atomic E-state index is 12.8. The first-order valence-corrected chi connectivity index (χ1v) is 9.90. The Labute approximate surface area is 137 Å². The number of sulfonamides is 1. The smallest absolute Gasteiger partial charge is 0.308 e. The highest BCUT2D eigenvalue weighted by Gasteiger charge is 2.43. The maximum atomic E-state index is 12.8. The summed E-state index contributed by atoms with van der Waals surface area (Å²) < 4.78 is 26.2. The Bertz CT molecular complexity index is 562. The standard InChI is InChI=1S/C15H26N2O5S/c1-3-8-23(21,22)17-7-5-4-6-13(17)14(18)16-9-11(2)12(10-16)15(19)20/h11-13H,3-10H2,1-2H3,(H,19,20)/t11-,12-,13?/m1/s1. The Morgan fingerprint density at radius 2 is 1.91 bits per heavy atom. The molecule has 0 aliphatic carbocycles. The van der Waals surface area contributed by atoms with Gasteiger partial charge in [0.15, 0.2) is 0 Å². The summed E-state index contributed by atoms with van der Waals surface area (Å²) in [5.74, 6) is -1.76. The molecule has 0 saturated carbocycles. The summed E-state index contributed by atoms with van der Waals surface area (Å²) in [5, 5.41) is 9.20. The maximum Gasteiger partial charge on any atom is 0.308 e. The Morgan fingerprint density at radius 1 is 1.22 bits per heavy atom. The second kappa shape index (κ2) is 7.17. The summed E-state index contributed by atoms with van der Waals surface area (Å²) >= 11 is 0. The van der Waals surface area contributed by atoms with E-state index in [4.69, 9.17) is 0 Å². The van der Waals surface area contributed by atoms with Crippen LogP contribution in [0.5, 0.6) is 0 Å². The van der Waals surface area contributed by atoms with Gasteiger partial charge in [-0.2, -0.15) is 4.31 Å². The minimum Gasteiger partial charge on any atom is -0.481 e. The van der Waals surface area contributed by atoms with Crippen LogP contribution >= 0.6 is 0 Å². The minimum absolute atomic E-state index is 0.0466. The van der Waals surface area contributed by atoms with Crippen molar-refractivity contribution in [1.82, 2.24) is 9.21 Å². The van der Waals surface area contributed by atoms with Crippen LogP contribution in [-0.4, -0.2) is 66.0 Å². The molecule has 2 rings (SSSR count). The minimum atomic E-state index is -3.43. The van der Waals surface area contributed by atoms with Crippen LogP contribution in [0.1, 0.15) is 39.5 Å². The van der Waals surface area contributed by atoms with Crippen molar-refractivity contribution in [3.8, 4) is 0 Å². The van der Waals surface area contributed by atoms with Gasteiger partial charge in [0.2, 0.25) is 15.9 Å². The van der Waals surface area contributed by atoms with Crippen LogP contribution in [0, 0.1) is 11.8 Å². The molecule has 1 unspecified atom stereocenters. The lowest BCUT2D eigenvalue weighted by Crippen LogP contribution is -2.53. The molecule has 2 aliphatic heterocycles. The summed E-state index contributed by atoms with van der Waals surface area (Å²) in [7, 11) is -3.43. The molecule has 7 nitrogen and oxygen atoms in total. The lowest BCUT2D eigenvalue weighted by Gasteiger charge is -2.35. The third kappa shape index (κ3) is 3.85. The first kappa shape index (κ1) is 18.2. The molecule has 2 heterocycles. The Balaban J connectivity index is 2.15. The average Bonchev–Trinajstić information content (AvgIpc) is 2.88. The quantitative estimate of drug-likeness (QED) is 0.793. The fourth-order valence-electron chi connectivity index (χ4n) is 3.54. The molecular formula is C15H26N2O5S. The van der Waals surface area contributed by atoms with Gasteiger partial charge < -0.3 is 10.0 Å². The van der Waals surface area contributed by atoms with Crippen LogP contribution in [0.3, 0.4) is 0 Å². The SMILES string of the molecule is CCCS(=O)(=O)N1CCCCC1C(=O)N1C[C@@H](C)[C@H](C(=O)O)C1. The van der Waals surface area contributed by atoms with E-state index >= 15 is 0 Å². The van der Waals surface area contributed by atoms with E-state index in [9.17, 15) is 23.1 Å². The zero-order chi connectivity index (χ0) is 17.2. The third-order valence-corrected chi connectivity index (χ3v) is 6.88. The van der Waals surface area contributed by atoms with Crippen LogP contribution in [-0.2, 0) is 19.6 Å². The van der Waals surface area contributed by atoms with Crippen LogP contribution in [0.25, 0.3) is 0 Å². The fourth-order valence-corrected chi connectivity index (χ4v) is 5.28. The fraction of sp³-hybridized carbons (Fsp3) is 0.867. The van der Waals surface area contributed by atoms with Crippen molar-refractivity contribution in [3.63, 3.8) is 0 Å². The zero-order valence-electron chi connectivity index (χ0n) is 13.8. The van der Waals surface area contributed by atoms with Crippen molar-refractivity contribution in [3.05, 3.63) is 0 Å². The molecule has 8 heteroatoms. The number of piperidine rings is 1. The molecule has 3 atom stereocenters. The molecule has 23 heavy (non-hydrogen) atoms. The van der Waals surface area contributed by atoms with E-state index in [1.807, 2.05) is 6.92 Å². The van der Waals surface area contributed by atoms with Gasteiger partial charge in [-0.3, -0.25) is 9.59 Å². The lowest BCUT2D eigenvalue weighted by molar-refractivity contribution is -0.142. The number of carbonyl (C=O) groups is 2. The van der Waals surface area contributed by atoms with Gasteiger partial charge in [-0.25, -0.2) is 8.42 Å². The number of rotatable bonds is 5. The van der Waals surface area contributed by atoms with Crippen LogP contribution < -0.4 is 0 Å². The van der Waals surface area contributed by atoms with E-state index in [1.54, 1.807) is 6.92 Å². The molecule has 1 amide bonds. The van der Waals surface area contributed by atoms with Crippen molar-refractivity contribution in [2.45, 2.75) is 45.6 Å². The summed E-state index contributed by atoms with van der Waals surface area (Å²) in [4.78, 5) is 25.6. The third-order valence-electron chi connectivity index (χ3n) is 4.80. The molecule has 0 bridgehead atoms. The molecule has 2 fully saturated rings. The number of aliphatic carboxylic acids is 1. The van der Waals surface area contributed by atoms with Gasteiger partial charge in [0, 0.05) is 19.6 Å². The normalized spacial score (nSPS) is 29.7. The molecule has 1 N–H and O–H groups in total. The number of carboxylic acids is 1. The molecule has 0 aromatic carbocycles. The highest BCUT2D eigenvalue weighted by atomic mass is 32.2. The van der Waals surface area contributed by atoms with Crippen LogP contribution in [0.4, 0.5) is 0 Å². The second-order valence-corrected chi connectivity index (χ2v) is 8.64. The molecule has 0 radical (unpaired) electrons. The summed E-state index contributed by atoms with van der Waals surface area (Å²) in [5.41, 5.74) is 0. The van der Waals surface area contributed by atoms with E-state index in [-0.39, 0.29) is 24.1 Å². The summed E-state index contributed by atoms with van der Waals surface area (Å²) in [6.07, 6.45) is 2.62. The Kier molecular flexibility index (Phi) is 5.67. The molecular weight excluding hydrogens is 320 g/mol. The lowest BCUT2D eigenvalue weighted by atomic mass is 9.99. The number of hydrogen-bond donors (Lipinski definition) is 1. The number of hydrogen-bond acceptors (Lipinski definition) is 4. The van der Waals surface area contributed by atoms with E-state index in [0.717, 1.165) is 12.8 Å². The zero-order valence-corrected chi connectivity index (χ0v) is 14.6. The topological polar surface area (TPSA) is 95.0 Å². The van der Waals surface area contributed by atoms with Gasteiger partial charge in [0.05, 0.1) is 11.7 Å². The van der Waals surface area contributed by atoms with Crippen LogP contribution in [0.2, 0.25) is 0 Å². The van der Waals surface area contributed by atoms with E-state index in [1.165, 1.54) is 9.21 Å². The van der Waals surface area contributed by atoms with Crippen molar-refractivity contribution in [1.29, 1.82) is 0 Å². The monoisotopic (exact) mass is 346 g/mol. The Morgan fingerprint density at radius 3 is 2.48 bits per heavy atom. The van der Waals surface area contributed by atoms with Gasteiger partial charge in [0.25, 0.3) is 0 Å². The molecule has 132 valence electrons. The van der Waals surface area contributed by atoms with E-state index < -0.39 is 28.0 Å². The summed E-state index contributed by atoms with van der Waals surface area (Å²) in [6.45, 7) is 4.56. The van der Waals surface area contributed by atoms with Crippen molar-refractivity contribution < 1.29 is 23.1 Å². The molecule has 2 aliphatic rings. The number of carboxylic acid groups (broad SMARTS) is 1. The van der Waals surface area contributed by atoms with Gasteiger partial charge in [0.1, 0.15) is 6.04 Å². The molecule has 2 saturated heterocycles. The van der Waals surface area contributed by atoms with E-state index in [0.29, 0.717) is 25.9 Å². The largest absolute Gasteiger partial charge is 0.481 e. The Hall–Kier alpha value is -1.15. The van der Waals surface area contributed by atoms with E-state index in [2.05, 4.69) is 0 Å². The number of nitrogens with zero attached hydrogens (tertiary/aromatic N) is 2. The van der Waals surface area contributed by atoms with Crippen molar-refractivity contribution in [2.24, 2.45) is 11.8 Å². The first-order valence-electron chi connectivity index (χ1n) is 8.29. The number of amides is 1. The highest BCUT2D eigenvalue weighted by molar-refractivity contribution is 7.89. The second-order valence-electron chi connectivity index (χ2n) is 6.60. The molecule has 0 aromatic heterocycles. The van der Waals surface area contributed by atoms with Crippen molar-refractivity contribution in [2.75, 3.05) is 25.4 Å². The summed E-state index contributed by atoms with van der Waals surface area (Å²) in [6, 6.07) is -0.667. The predicted molar refractivity (Wildman–Crippen MR) is 85.3 cm³/mol. The molecule has 0 aromatic rings. The van der Waals surface area contributed by atoms with Crippen molar-refractivity contribution >= 4 is 21.9 Å². The predicted octanol–water partition coefficient (Wildman–Crippen LogP) is 0.760. The number of likely N-dealkylation sites (tertiary alicyclic amines) is 1.